The number of aryl methyl sites for hydroxylation is 3. The number of alkyl halides is 3. The summed E-state index contributed by atoms with van der Waals surface area (Å²) in [6.45, 7) is 5.58. The van der Waals surface area contributed by atoms with Crippen molar-refractivity contribution >= 4 is 28.8 Å². The van der Waals surface area contributed by atoms with Crippen molar-refractivity contribution < 1.29 is 22.8 Å². The number of rotatable bonds is 4. The molecule has 0 aromatic heterocycles. The van der Waals surface area contributed by atoms with Crippen molar-refractivity contribution in [1.82, 2.24) is 0 Å². The van der Waals surface area contributed by atoms with E-state index < -0.39 is 23.6 Å². The highest BCUT2D eigenvalue weighted by atomic mass is 19.4. The summed E-state index contributed by atoms with van der Waals surface area (Å²) >= 11 is 0. The fourth-order valence-corrected chi connectivity index (χ4v) is 3.91. The van der Waals surface area contributed by atoms with Crippen molar-refractivity contribution in [3.63, 3.8) is 0 Å². The minimum atomic E-state index is -4.54. The van der Waals surface area contributed by atoms with Crippen molar-refractivity contribution in [3.8, 4) is 0 Å². The van der Waals surface area contributed by atoms with Crippen LogP contribution in [0.5, 0.6) is 0 Å². The summed E-state index contributed by atoms with van der Waals surface area (Å²) in [6, 6.07) is 16.9. The monoisotopic (exact) mass is 450 g/mol. The van der Waals surface area contributed by atoms with Crippen molar-refractivity contribution in [1.29, 1.82) is 0 Å². The Morgan fingerprint density at radius 3 is 2.15 bits per heavy atom. The molecule has 0 aliphatic carbocycles. The van der Waals surface area contributed by atoms with Gasteiger partial charge in [0, 0.05) is 5.69 Å². The lowest BCUT2D eigenvalue weighted by Gasteiger charge is -2.16. The largest absolute Gasteiger partial charge is 0.416 e. The van der Waals surface area contributed by atoms with Crippen LogP contribution >= 0.6 is 0 Å². The Balaban J connectivity index is 1.86. The summed E-state index contributed by atoms with van der Waals surface area (Å²) in [4.78, 5) is 28.0. The molecule has 0 saturated heterocycles. The first-order valence-corrected chi connectivity index (χ1v) is 10.3. The molecule has 0 unspecified atom stereocenters. The molecule has 1 aliphatic rings. The van der Waals surface area contributed by atoms with Crippen LogP contribution in [0.1, 0.15) is 27.8 Å². The third-order valence-electron chi connectivity index (χ3n) is 5.45. The summed E-state index contributed by atoms with van der Waals surface area (Å²) in [5.41, 5.74) is 2.83. The predicted molar refractivity (Wildman–Crippen MR) is 122 cm³/mol. The van der Waals surface area contributed by atoms with Crippen LogP contribution in [-0.4, -0.2) is 11.8 Å². The highest BCUT2D eigenvalue weighted by Crippen LogP contribution is 2.36. The molecule has 7 heteroatoms. The van der Waals surface area contributed by atoms with Crippen LogP contribution in [0.3, 0.4) is 0 Å². The highest BCUT2D eigenvalue weighted by Gasteiger charge is 2.41. The summed E-state index contributed by atoms with van der Waals surface area (Å²) in [5, 5.41) is 2.81. The number of nitrogens with zero attached hydrogens (tertiary/aromatic N) is 1. The van der Waals surface area contributed by atoms with E-state index in [-0.39, 0.29) is 17.0 Å². The van der Waals surface area contributed by atoms with Gasteiger partial charge in [0.05, 0.1) is 16.8 Å². The Hall–Kier alpha value is -3.87. The van der Waals surface area contributed by atoms with Gasteiger partial charge in [0.25, 0.3) is 11.8 Å². The number of nitrogens with one attached hydrogen (secondary N) is 1. The molecule has 0 atom stereocenters. The van der Waals surface area contributed by atoms with Gasteiger partial charge in [0.1, 0.15) is 5.70 Å². The maximum atomic E-state index is 13.5. The molecule has 0 bridgehead atoms. The zero-order valence-electron chi connectivity index (χ0n) is 18.2. The summed E-state index contributed by atoms with van der Waals surface area (Å²) in [6.07, 6.45) is -4.54. The summed E-state index contributed by atoms with van der Waals surface area (Å²) in [7, 11) is 0. The molecule has 33 heavy (non-hydrogen) atoms. The lowest BCUT2D eigenvalue weighted by atomic mass is 9.97. The summed E-state index contributed by atoms with van der Waals surface area (Å²) in [5.74, 6) is -1.16. The zero-order valence-corrected chi connectivity index (χ0v) is 18.2. The van der Waals surface area contributed by atoms with E-state index in [1.54, 1.807) is 24.3 Å². The van der Waals surface area contributed by atoms with Gasteiger partial charge >= 0.3 is 6.18 Å². The molecule has 1 N–H and O–H groups in total. The van der Waals surface area contributed by atoms with Gasteiger partial charge in [-0.3, -0.25) is 9.59 Å². The topological polar surface area (TPSA) is 49.4 Å². The van der Waals surface area contributed by atoms with Crippen LogP contribution < -0.4 is 10.2 Å². The smallest absolute Gasteiger partial charge is 0.350 e. The Morgan fingerprint density at radius 1 is 0.788 bits per heavy atom. The molecular formula is C26H21F3N2O2. The maximum Gasteiger partial charge on any atom is 0.416 e. The van der Waals surface area contributed by atoms with E-state index in [1.165, 1.54) is 12.1 Å². The molecule has 0 saturated carbocycles. The SMILES string of the molecule is Cc1cccc(N2C(=O)C(Nc3cccc(C(F)(F)F)c3)=C(c3ccc(C)cc3C)C2=O)c1. The van der Waals surface area contributed by atoms with Crippen molar-refractivity contribution in [3.05, 3.63) is 100 Å². The predicted octanol–water partition coefficient (Wildman–Crippen LogP) is 6.03. The zero-order chi connectivity index (χ0) is 23.9. The second-order valence-corrected chi connectivity index (χ2v) is 8.06. The van der Waals surface area contributed by atoms with Gasteiger partial charge < -0.3 is 5.32 Å². The van der Waals surface area contributed by atoms with Crippen LogP contribution in [0.4, 0.5) is 24.5 Å². The number of benzene rings is 3. The number of amides is 2. The van der Waals surface area contributed by atoms with Crippen molar-refractivity contribution in [2.24, 2.45) is 0 Å². The quantitative estimate of drug-likeness (QED) is 0.494. The Bertz CT molecular complexity index is 1310. The van der Waals surface area contributed by atoms with Gasteiger partial charge in [0.15, 0.2) is 0 Å². The number of carbonyl (C=O) groups excluding carboxylic acids is 2. The number of anilines is 2. The highest BCUT2D eigenvalue weighted by molar-refractivity contribution is 6.46. The molecule has 1 aliphatic heterocycles. The molecule has 2 amide bonds. The van der Waals surface area contributed by atoms with Gasteiger partial charge in [0.2, 0.25) is 0 Å². The van der Waals surface area contributed by atoms with Crippen LogP contribution in [0, 0.1) is 20.8 Å². The third kappa shape index (κ3) is 4.26. The molecule has 3 aromatic rings. The van der Waals surface area contributed by atoms with Crippen molar-refractivity contribution in [2.75, 3.05) is 10.2 Å². The van der Waals surface area contributed by atoms with Gasteiger partial charge in [-0.25, -0.2) is 4.90 Å². The van der Waals surface area contributed by atoms with Gasteiger partial charge in [-0.15, -0.1) is 0 Å². The molecule has 168 valence electrons. The number of carbonyl (C=O) groups is 2. The molecule has 4 rings (SSSR count). The van der Waals surface area contributed by atoms with E-state index in [2.05, 4.69) is 5.32 Å². The number of imide groups is 1. The standard InChI is InChI=1S/C26H21F3N2O2/c1-15-6-4-9-20(13-15)31-24(32)22(21-11-10-16(2)12-17(21)3)23(25(31)33)30-19-8-5-7-18(14-19)26(27,28)29/h4-14,30H,1-3H3. The average Bonchev–Trinajstić information content (AvgIpc) is 2.97. The van der Waals surface area contributed by atoms with Crippen LogP contribution in [0.25, 0.3) is 5.57 Å². The van der Waals surface area contributed by atoms with Crippen molar-refractivity contribution in [2.45, 2.75) is 26.9 Å². The molecule has 3 aromatic carbocycles. The molecular weight excluding hydrogens is 429 g/mol. The Labute approximate surface area is 189 Å². The molecule has 0 spiro atoms. The number of hydrogen-bond donors (Lipinski definition) is 1. The number of hydrogen-bond acceptors (Lipinski definition) is 3. The second kappa shape index (κ2) is 8.24. The third-order valence-corrected chi connectivity index (χ3v) is 5.45. The minimum Gasteiger partial charge on any atom is -0.350 e. The van der Waals surface area contributed by atoms with Gasteiger partial charge in [-0.05, 0) is 67.8 Å². The average molecular weight is 450 g/mol. The summed E-state index contributed by atoms with van der Waals surface area (Å²) < 4.78 is 39.6. The van der Waals surface area contributed by atoms with Gasteiger partial charge in [-0.2, -0.15) is 13.2 Å². The van der Waals surface area contributed by atoms with E-state index in [0.29, 0.717) is 11.3 Å². The van der Waals surface area contributed by atoms with E-state index in [1.807, 2.05) is 39.0 Å². The van der Waals surface area contributed by atoms with E-state index in [4.69, 9.17) is 0 Å². The van der Waals surface area contributed by atoms with E-state index in [0.717, 1.165) is 33.7 Å². The molecule has 0 radical (unpaired) electrons. The first kappa shape index (κ1) is 22.3. The van der Waals surface area contributed by atoms with E-state index >= 15 is 0 Å². The Kier molecular flexibility index (Phi) is 5.57. The fourth-order valence-electron chi connectivity index (χ4n) is 3.91. The number of halogens is 3. The Morgan fingerprint density at radius 2 is 1.48 bits per heavy atom. The molecule has 0 fully saturated rings. The maximum absolute atomic E-state index is 13.5. The normalized spacial score (nSPS) is 14.3. The van der Waals surface area contributed by atoms with Crippen LogP contribution in [0.15, 0.2) is 72.4 Å². The molecule has 1 heterocycles. The lowest BCUT2D eigenvalue weighted by molar-refractivity contribution is -0.137. The van der Waals surface area contributed by atoms with E-state index in [9.17, 15) is 22.8 Å². The van der Waals surface area contributed by atoms with Crippen LogP contribution in [0.2, 0.25) is 0 Å². The fraction of sp³-hybridized carbons (Fsp3) is 0.154. The molecule has 4 nitrogen and oxygen atoms in total. The second-order valence-electron chi connectivity index (χ2n) is 8.06. The van der Waals surface area contributed by atoms with Crippen LogP contribution in [-0.2, 0) is 15.8 Å². The lowest BCUT2D eigenvalue weighted by Crippen LogP contribution is -2.32. The minimum absolute atomic E-state index is 0.0622. The first-order valence-electron chi connectivity index (χ1n) is 10.3. The van der Waals surface area contributed by atoms with Gasteiger partial charge in [-0.1, -0.05) is 42.0 Å². The first-order chi connectivity index (χ1) is 15.6.